The van der Waals surface area contributed by atoms with Crippen LogP contribution < -0.4 is 16.4 Å². The summed E-state index contributed by atoms with van der Waals surface area (Å²) in [6.45, 7) is 3.81. The lowest BCUT2D eigenvalue weighted by molar-refractivity contribution is 0.101. The Kier molecular flexibility index (Phi) is 8.77. The summed E-state index contributed by atoms with van der Waals surface area (Å²) in [6.07, 6.45) is 4.41. The van der Waals surface area contributed by atoms with Gasteiger partial charge in [0.25, 0.3) is 5.91 Å². The minimum atomic E-state index is -0.738. The summed E-state index contributed by atoms with van der Waals surface area (Å²) in [5.74, 6) is -0.687. The molecule has 1 aromatic carbocycles. The molecule has 2 rings (SSSR count). The lowest BCUT2D eigenvalue weighted by Crippen LogP contribution is -2.20. The van der Waals surface area contributed by atoms with Gasteiger partial charge in [-0.25, -0.2) is 14.2 Å². The number of halogens is 1. The van der Waals surface area contributed by atoms with Gasteiger partial charge in [0.1, 0.15) is 10.7 Å². The zero-order valence-electron chi connectivity index (χ0n) is 15.8. The minimum Gasteiger partial charge on any atom is -0.351 e. The second-order valence-corrected chi connectivity index (χ2v) is 7.32. The topological polar surface area (TPSA) is 96.6 Å². The number of aryl methyl sites for hydroxylation is 2. The van der Waals surface area contributed by atoms with E-state index in [9.17, 15) is 14.0 Å². The molecule has 0 aliphatic rings. The molecule has 1 heterocycles. The molecule has 4 N–H and O–H groups in total. The number of rotatable bonds is 10. The van der Waals surface area contributed by atoms with E-state index in [2.05, 4.69) is 15.6 Å². The van der Waals surface area contributed by atoms with Gasteiger partial charge in [-0.2, -0.15) is 0 Å². The Labute approximate surface area is 168 Å². The lowest BCUT2D eigenvalue weighted by Gasteiger charge is -2.00. The fourth-order valence-corrected chi connectivity index (χ4v) is 3.61. The van der Waals surface area contributed by atoms with Crippen LogP contribution in [0.25, 0.3) is 0 Å². The molecule has 1 aromatic heterocycles. The van der Waals surface area contributed by atoms with Crippen molar-refractivity contribution in [2.45, 2.75) is 32.6 Å². The summed E-state index contributed by atoms with van der Waals surface area (Å²) in [5.41, 5.74) is 6.44. The Hall–Kier alpha value is -2.58. The zero-order chi connectivity index (χ0) is 20.4. The van der Waals surface area contributed by atoms with Gasteiger partial charge < -0.3 is 16.4 Å². The summed E-state index contributed by atoms with van der Waals surface area (Å²) < 4.78 is 13.3. The first-order chi connectivity index (χ1) is 13.5. The predicted molar refractivity (Wildman–Crippen MR) is 112 cm³/mol. The van der Waals surface area contributed by atoms with Crippen molar-refractivity contribution in [2.75, 3.05) is 18.4 Å². The number of unbranched alkanes of at least 4 members (excludes halogenated alkanes) is 1. The highest BCUT2D eigenvalue weighted by molar-refractivity contribution is 7.14. The fraction of sp³-hybridized carbons (Fsp3) is 0.350. The highest BCUT2D eigenvalue weighted by atomic mass is 32.1. The van der Waals surface area contributed by atoms with E-state index in [-0.39, 0.29) is 5.82 Å². The molecule has 0 aliphatic heterocycles. The van der Waals surface area contributed by atoms with Crippen molar-refractivity contribution in [2.24, 2.45) is 10.7 Å². The van der Waals surface area contributed by atoms with Crippen LogP contribution in [0, 0.1) is 5.82 Å². The molecule has 0 radical (unpaired) electrons. The van der Waals surface area contributed by atoms with Crippen molar-refractivity contribution in [3.63, 3.8) is 0 Å². The van der Waals surface area contributed by atoms with Gasteiger partial charge in [0, 0.05) is 11.1 Å². The molecule has 0 fully saturated rings. The number of hydrogen-bond donors (Lipinski definition) is 3. The van der Waals surface area contributed by atoms with E-state index in [0.29, 0.717) is 29.8 Å². The Morgan fingerprint density at radius 1 is 1.29 bits per heavy atom. The molecule has 2 aromatic rings. The summed E-state index contributed by atoms with van der Waals surface area (Å²) in [6, 6.07) is 7.39. The fourth-order valence-electron chi connectivity index (χ4n) is 2.61. The second kappa shape index (κ2) is 11.3. The highest BCUT2D eigenvalue weighted by Crippen LogP contribution is 2.29. The summed E-state index contributed by atoms with van der Waals surface area (Å²) in [7, 11) is 0. The molecule has 0 aliphatic carbocycles. The van der Waals surface area contributed by atoms with E-state index in [1.807, 2.05) is 13.0 Å². The number of hydrogen-bond acceptors (Lipinski definition) is 4. The third kappa shape index (κ3) is 7.21. The number of thiophene rings is 1. The molecular formula is C20H25FN4O2S. The molecule has 0 saturated heterocycles. The number of carbonyl (C=O) groups excluding carboxylic acids is 2. The summed E-state index contributed by atoms with van der Waals surface area (Å²) in [4.78, 5) is 28.9. The maximum absolute atomic E-state index is 13.3. The standard InChI is InChI=1S/C20H25FN4O2S/c1-2-23-10-3-4-11-24-19(26)18-17(25-20(22)27)13-16(28-18)9-8-14-6-5-7-15(21)12-14/h5-7,11-13,23H,2-4,8-10H2,1H3,(H3,22,25,27). The lowest BCUT2D eigenvalue weighted by atomic mass is 10.1. The monoisotopic (exact) mass is 404 g/mol. The smallest absolute Gasteiger partial charge is 0.316 e. The van der Waals surface area contributed by atoms with Crippen molar-refractivity contribution in [1.82, 2.24) is 5.32 Å². The van der Waals surface area contributed by atoms with Crippen molar-refractivity contribution < 1.29 is 14.0 Å². The normalized spacial score (nSPS) is 11.1. The van der Waals surface area contributed by atoms with Gasteiger partial charge in [0.05, 0.1) is 5.69 Å². The molecule has 28 heavy (non-hydrogen) atoms. The first-order valence-electron chi connectivity index (χ1n) is 9.20. The van der Waals surface area contributed by atoms with Gasteiger partial charge in [0.15, 0.2) is 0 Å². The third-order valence-electron chi connectivity index (χ3n) is 3.93. The molecule has 8 heteroatoms. The maximum Gasteiger partial charge on any atom is 0.316 e. The molecule has 0 atom stereocenters. The average molecular weight is 405 g/mol. The first kappa shape index (κ1) is 21.7. The Balaban J connectivity index is 2.04. The number of primary amides is 1. The molecular weight excluding hydrogens is 379 g/mol. The van der Waals surface area contributed by atoms with Gasteiger partial charge in [0.2, 0.25) is 0 Å². The van der Waals surface area contributed by atoms with E-state index in [0.717, 1.165) is 30.0 Å². The molecule has 3 amide bonds. The van der Waals surface area contributed by atoms with Gasteiger partial charge >= 0.3 is 6.03 Å². The number of amides is 3. The van der Waals surface area contributed by atoms with Gasteiger partial charge in [-0.15, -0.1) is 11.3 Å². The third-order valence-corrected chi connectivity index (χ3v) is 5.11. The van der Waals surface area contributed by atoms with Crippen LogP contribution in [-0.2, 0) is 12.8 Å². The van der Waals surface area contributed by atoms with Gasteiger partial charge in [-0.3, -0.25) is 4.79 Å². The quantitative estimate of drug-likeness (QED) is 0.415. The molecule has 0 bridgehead atoms. The number of anilines is 1. The molecule has 0 saturated carbocycles. The van der Waals surface area contributed by atoms with E-state index >= 15 is 0 Å². The van der Waals surface area contributed by atoms with Crippen LogP contribution in [0.3, 0.4) is 0 Å². The number of carbonyl (C=O) groups is 2. The van der Waals surface area contributed by atoms with E-state index < -0.39 is 11.9 Å². The van der Waals surface area contributed by atoms with Crippen LogP contribution in [0.2, 0.25) is 0 Å². The second-order valence-electron chi connectivity index (χ2n) is 6.19. The van der Waals surface area contributed by atoms with Crippen LogP contribution in [0.15, 0.2) is 35.3 Å². The van der Waals surface area contributed by atoms with Crippen LogP contribution >= 0.6 is 11.3 Å². The molecule has 0 spiro atoms. The van der Waals surface area contributed by atoms with Crippen molar-refractivity contribution in [3.05, 3.63) is 51.5 Å². The Morgan fingerprint density at radius 3 is 2.82 bits per heavy atom. The number of nitrogens with two attached hydrogens (primary N) is 1. The van der Waals surface area contributed by atoms with Crippen LogP contribution in [0.5, 0.6) is 0 Å². The molecule has 150 valence electrons. The molecule has 6 nitrogen and oxygen atoms in total. The number of aliphatic imine (C=N–C) groups is 1. The number of urea groups is 1. The SMILES string of the molecule is CCNCCCC=NC(=O)c1sc(CCc2cccc(F)c2)cc1NC(N)=O. The van der Waals surface area contributed by atoms with E-state index in [4.69, 9.17) is 5.73 Å². The van der Waals surface area contributed by atoms with E-state index in [1.54, 1.807) is 18.3 Å². The first-order valence-corrected chi connectivity index (χ1v) is 10.0. The van der Waals surface area contributed by atoms with Crippen molar-refractivity contribution >= 4 is 35.2 Å². The number of nitrogens with one attached hydrogen (secondary N) is 2. The van der Waals surface area contributed by atoms with Crippen molar-refractivity contribution in [1.29, 1.82) is 0 Å². The van der Waals surface area contributed by atoms with Gasteiger partial charge in [-0.1, -0.05) is 19.1 Å². The van der Waals surface area contributed by atoms with Crippen molar-refractivity contribution in [3.8, 4) is 0 Å². The summed E-state index contributed by atoms with van der Waals surface area (Å²) >= 11 is 1.27. The van der Waals surface area contributed by atoms with Gasteiger partial charge in [-0.05, 0) is 62.5 Å². The number of benzene rings is 1. The van der Waals surface area contributed by atoms with E-state index in [1.165, 1.54) is 23.5 Å². The Bertz CT molecular complexity index is 835. The maximum atomic E-state index is 13.3. The minimum absolute atomic E-state index is 0.279. The van der Waals surface area contributed by atoms with Crippen LogP contribution in [0.4, 0.5) is 14.9 Å². The largest absolute Gasteiger partial charge is 0.351 e. The number of nitrogens with zero attached hydrogens (tertiary/aromatic N) is 1. The molecule has 0 unspecified atom stereocenters. The predicted octanol–water partition coefficient (Wildman–Crippen LogP) is 3.76. The highest BCUT2D eigenvalue weighted by Gasteiger charge is 2.17. The van der Waals surface area contributed by atoms with Crippen LogP contribution in [-0.4, -0.2) is 31.2 Å². The van der Waals surface area contributed by atoms with Crippen LogP contribution in [0.1, 0.15) is 39.9 Å². The average Bonchev–Trinajstić information content (AvgIpc) is 3.05. The summed E-state index contributed by atoms with van der Waals surface area (Å²) in [5, 5.41) is 5.69. The zero-order valence-corrected chi connectivity index (χ0v) is 16.7. The Morgan fingerprint density at radius 2 is 2.11 bits per heavy atom.